The summed E-state index contributed by atoms with van der Waals surface area (Å²) in [6, 6.07) is 24.1. The minimum Gasteiger partial charge on any atom is -0.489 e. The minimum atomic E-state index is -0.567. The Balaban J connectivity index is 1.41. The third kappa shape index (κ3) is 4.00. The number of rotatable bonds is 6. The topological polar surface area (TPSA) is 69.0 Å². The van der Waals surface area contributed by atoms with Crippen molar-refractivity contribution in [1.29, 1.82) is 0 Å². The van der Waals surface area contributed by atoms with E-state index in [9.17, 15) is 9.59 Å². The average molecular weight is 468 g/mol. The molecule has 2 unspecified atom stereocenters. The Kier molecular flexibility index (Phi) is 5.58. The van der Waals surface area contributed by atoms with Gasteiger partial charge >= 0.3 is 0 Å². The fraction of sp³-hybridized carbons (Fsp3) is 0.241. The fourth-order valence-electron chi connectivity index (χ4n) is 5.03. The van der Waals surface area contributed by atoms with Gasteiger partial charge < -0.3 is 18.8 Å². The molecule has 0 spiro atoms. The molecule has 0 aliphatic carbocycles. The van der Waals surface area contributed by atoms with E-state index in [1.807, 2.05) is 54.6 Å². The first-order chi connectivity index (χ1) is 17.2. The standard InChI is InChI=1S/C29H25NO5/c31-27-23-13-4-5-14-24(23)35-28-25(27)26(30(29(28)32)17-22-12-7-15-33-22)20-10-6-11-21(16-20)34-18-19-8-2-1-3-9-19/h1-6,8-11,13-14,16,22,26H,7,12,15,17-18H2. The Morgan fingerprint density at radius 1 is 0.943 bits per heavy atom. The van der Waals surface area contributed by atoms with Crippen molar-refractivity contribution >= 4 is 16.9 Å². The summed E-state index contributed by atoms with van der Waals surface area (Å²) in [5.74, 6) is 0.515. The first kappa shape index (κ1) is 21.6. The highest BCUT2D eigenvalue weighted by Crippen LogP contribution is 2.39. The highest BCUT2D eigenvalue weighted by Gasteiger charge is 2.44. The lowest BCUT2D eigenvalue weighted by Crippen LogP contribution is -2.36. The maximum absolute atomic E-state index is 13.6. The quantitative estimate of drug-likeness (QED) is 0.395. The molecule has 0 radical (unpaired) electrons. The Labute approximate surface area is 202 Å². The molecule has 6 heteroatoms. The molecule has 1 amide bonds. The highest BCUT2D eigenvalue weighted by molar-refractivity contribution is 5.99. The number of hydrogen-bond donors (Lipinski definition) is 0. The largest absolute Gasteiger partial charge is 0.489 e. The van der Waals surface area contributed by atoms with Crippen molar-refractivity contribution in [3.63, 3.8) is 0 Å². The molecule has 1 fully saturated rings. The summed E-state index contributed by atoms with van der Waals surface area (Å²) in [6.07, 6.45) is 1.79. The zero-order valence-corrected chi connectivity index (χ0v) is 19.2. The van der Waals surface area contributed by atoms with Gasteiger partial charge in [0, 0.05) is 13.2 Å². The summed E-state index contributed by atoms with van der Waals surface area (Å²) in [4.78, 5) is 28.9. The van der Waals surface area contributed by atoms with Crippen LogP contribution in [0.25, 0.3) is 11.0 Å². The summed E-state index contributed by atoms with van der Waals surface area (Å²) in [5.41, 5.74) is 2.49. The fourth-order valence-corrected chi connectivity index (χ4v) is 5.03. The molecule has 1 aromatic heterocycles. The third-order valence-corrected chi connectivity index (χ3v) is 6.72. The summed E-state index contributed by atoms with van der Waals surface area (Å²) in [6.45, 7) is 1.52. The molecule has 176 valence electrons. The Bertz CT molecular complexity index is 1440. The van der Waals surface area contributed by atoms with Crippen molar-refractivity contribution in [3.05, 3.63) is 112 Å². The van der Waals surface area contributed by atoms with Crippen LogP contribution in [0.3, 0.4) is 0 Å². The normalized spacial score (nSPS) is 19.3. The van der Waals surface area contributed by atoms with Crippen LogP contribution in [0.15, 0.2) is 88.1 Å². The predicted molar refractivity (Wildman–Crippen MR) is 132 cm³/mol. The lowest BCUT2D eigenvalue weighted by molar-refractivity contribution is 0.0486. The zero-order valence-electron chi connectivity index (χ0n) is 19.2. The molecule has 6 nitrogen and oxygen atoms in total. The summed E-state index contributed by atoms with van der Waals surface area (Å²) in [5, 5.41) is 0.472. The van der Waals surface area contributed by atoms with Crippen LogP contribution in [0.1, 0.15) is 46.1 Å². The Morgan fingerprint density at radius 3 is 2.60 bits per heavy atom. The first-order valence-electron chi connectivity index (χ1n) is 11.9. The van der Waals surface area contributed by atoms with Gasteiger partial charge in [0.25, 0.3) is 5.91 Å². The highest BCUT2D eigenvalue weighted by atomic mass is 16.5. The molecule has 2 aliphatic rings. The van der Waals surface area contributed by atoms with Crippen LogP contribution in [0.4, 0.5) is 0 Å². The number of hydrogen-bond acceptors (Lipinski definition) is 5. The van der Waals surface area contributed by atoms with Gasteiger partial charge in [0.15, 0.2) is 5.43 Å². The molecule has 4 aromatic rings. The van der Waals surface area contributed by atoms with Crippen molar-refractivity contribution in [1.82, 2.24) is 4.90 Å². The van der Waals surface area contributed by atoms with Crippen molar-refractivity contribution in [3.8, 4) is 5.75 Å². The van der Waals surface area contributed by atoms with E-state index in [0.29, 0.717) is 42.0 Å². The van der Waals surface area contributed by atoms with Gasteiger partial charge in [-0.05, 0) is 48.2 Å². The molecule has 3 heterocycles. The van der Waals surface area contributed by atoms with E-state index in [0.717, 1.165) is 24.0 Å². The van der Waals surface area contributed by atoms with Gasteiger partial charge in [-0.15, -0.1) is 0 Å². The van der Waals surface area contributed by atoms with Crippen LogP contribution in [-0.4, -0.2) is 30.1 Å². The average Bonchev–Trinajstić information content (AvgIpc) is 3.51. The third-order valence-electron chi connectivity index (χ3n) is 6.72. The molecule has 35 heavy (non-hydrogen) atoms. The van der Waals surface area contributed by atoms with Crippen molar-refractivity contribution in [2.24, 2.45) is 0 Å². The van der Waals surface area contributed by atoms with Gasteiger partial charge in [-0.2, -0.15) is 0 Å². The van der Waals surface area contributed by atoms with E-state index in [1.165, 1.54) is 0 Å². The SMILES string of the molecule is O=C1c2oc3ccccc3c(=O)c2C(c2cccc(OCc3ccccc3)c2)N1CC1CCCO1. The second kappa shape index (κ2) is 9.04. The zero-order chi connectivity index (χ0) is 23.8. The lowest BCUT2D eigenvalue weighted by Gasteiger charge is -2.27. The number of ether oxygens (including phenoxy) is 2. The van der Waals surface area contributed by atoms with Crippen molar-refractivity contribution in [2.75, 3.05) is 13.2 Å². The summed E-state index contributed by atoms with van der Waals surface area (Å²) < 4.78 is 17.9. The van der Waals surface area contributed by atoms with Crippen LogP contribution in [-0.2, 0) is 11.3 Å². The molecule has 1 saturated heterocycles. The molecule has 2 aliphatic heterocycles. The van der Waals surface area contributed by atoms with Gasteiger partial charge in [0.1, 0.15) is 17.9 Å². The van der Waals surface area contributed by atoms with Gasteiger partial charge in [-0.3, -0.25) is 9.59 Å². The van der Waals surface area contributed by atoms with Gasteiger partial charge in [0.05, 0.1) is 23.1 Å². The molecule has 0 saturated carbocycles. The number of benzene rings is 3. The van der Waals surface area contributed by atoms with E-state index >= 15 is 0 Å². The molecule has 0 bridgehead atoms. The van der Waals surface area contributed by atoms with E-state index in [2.05, 4.69) is 0 Å². The number of carbonyl (C=O) groups excluding carboxylic acids is 1. The van der Waals surface area contributed by atoms with Crippen LogP contribution >= 0.6 is 0 Å². The van der Waals surface area contributed by atoms with Crippen LogP contribution in [0, 0.1) is 0 Å². The van der Waals surface area contributed by atoms with Crippen molar-refractivity contribution < 1.29 is 18.7 Å². The van der Waals surface area contributed by atoms with Crippen molar-refractivity contribution in [2.45, 2.75) is 31.6 Å². The number of amides is 1. The predicted octanol–water partition coefficient (Wildman–Crippen LogP) is 5.10. The Hall–Kier alpha value is -3.90. The number of fused-ring (bicyclic) bond motifs is 2. The first-order valence-corrected chi connectivity index (χ1v) is 11.9. The maximum Gasteiger partial charge on any atom is 0.291 e. The maximum atomic E-state index is 13.6. The summed E-state index contributed by atoms with van der Waals surface area (Å²) in [7, 11) is 0. The molecular weight excluding hydrogens is 442 g/mol. The van der Waals surface area contributed by atoms with Crippen LogP contribution in [0.5, 0.6) is 5.75 Å². The van der Waals surface area contributed by atoms with E-state index in [1.54, 1.807) is 29.2 Å². The lowest BCUT2D eigenvalue weighted by atomic mass is 9.98. The number of nitrogens with zero attached hydrogens (tertiary/aromatic N) is 1. The van der Waals surface area contributed by atoms with Gasteiger partial charge in [-0.1, -0.05) is 54.6 Å². The number of carbonyl (C=O) groups is 1. The van der Waals surface area contributed by atoms with Gasteiger partial charge in [0.2, 0.25) is 5.76 Å². The molecule has 3 aromatic carbocycles. The molecule has 6 rings (SSSR count). The molecule has 2 atom stereocenters. The Morgan fingerprint density at radius 2 is 1.77 bits per heavy atom. The van der Waals surface area contributed by atoms with E-state index < -0.39 is 6.04 Å². The smallest absolute Gasteiger partial charge is 0.291 e. The van der Waals surface area contributed by atoms with Crippen LogP contribution < -0.4 is 10.2 Å². The van der Waals surface area contributed by atoms with Crippen LogP contribution in [0.2, 0.25) is 0 Å². The van der Waals surface area contributed by atoms with Gasteiger partial charge in [-0.25, -0.2) is 0 Å². The minimum absolute atomic E-state index is 0.0576. The monoisotopic (exact) mass is 467 g/mol. The summed E-state index contributed by atoms with van der Waals surface area (Å²) >= 11 is 0. The molecule has 0 N–H and O–H groups in total. The second-order valence-electron chi connectivity index (χ2n) is 9.01. The van der Waals surface area contributed by atoms with E-state index in [-0.39, 0.29) is 23.2 Å². The molecular formula is C29H25NO5. The second-order valence-corrected chi connectivity index (χ2v) is 9.01. The van der Waals surface area contributed by atoms with E-state index in [4.69, 9.17) is 13.9 Å². The number of para-hydroxylation sites is 1.